The molecule has 1 aliphatic heterocycles. The second-order valence-electron chi connectivity index (χ2n) is 4.37. The van der Waals surface area contributed by atoms with Gasteiger partial charge in [-0.05, 0) is 30.8 Å². The molecule has 0 spiro atoms. The van der Waals surface area contributed by atoms with Crippen LogP contribution in [0.5, 0.6) is 0 Å². The van der Waals surface area contributed by atoms with Gasteiger partial charge in [-0.25, -0.2) is 0 Å². The molecule has 1 saturated heterocycles. The highest BCUT2D eigenvalue weighted by Gasteiger charge is 2.13. The molecule has 0 bridgehead atoms. The first kappa shape index (κ1) is 11.3. The number of nitrogens with zero attached hydrogens (tertiary/aromatic N) is 3. The van der Waals surface area contributed by atoms with E-state index in [0.717, 1.165) is 25.3 Å². The smallest absolute Gasteiger partial charge is 0.0626 e. The van der Waals surface area contributed by atoms with Crippen molar-refractivity contribution in [2.45, 2.75) is 6.54 Å². The molecule has 1 aliphatic rings. The summed E-state index contributed by atoms with van der Waals surface area (Å²) in [6, 6.07) is 4.20. The molecule has 0 saturated carbocycles. The molecule has 0 aliphatic carbocycles. The van der Waals surface area contributed by atoms with Crippen LogP contribution in [0.1, 0.15) is 11.3 Å². The molecule has 16 heavy (non-hydrogen) atoms. The third-order valence-corrected chi connectivity index (χ3v) is 3.06. The number of pyridine rings is 1. The van der Waals surface area contributed by atoms with Gasteiger partial charge in [-0.15, -0.1) is 0 Å². The third kappa shape index (κ3) is 2.90. The number of rotatable bonds is 3. The highest BCUT2D eigenvalue weighted by atomic mass is 15.2. The van der Waals surface area contributed by atoms with Crippen LogP contribution in [0.15, 0.2) is 24.9 Å². The van der Waals surface area contributed by atoms with Crippen LogP contribution >= 0.6 is 0 Å². The minimum Gasteiger partial charge on any atom is -0.304 e. The SMILES string of the molecule is C=Cc1cc(CN2CCN(C)CC2)ccn1. The molecule has 3 heteroatoms. The maximum Gasteiger partial charge on any atom is 0.0626 e. The average molecular weight is 217 g/mol. The van der Waals surface area contributed by atoms with Gasteiger partial charge in [0, 0.05) is 38.9 Å². The number of piperazine rings is 1. The van der Waals surface area contributed by atoms with Crippen LogP contribution in [0.25, 0.3) is 6.08 Å². The van der Waals surface area contributed by atoms with Crippen molar-refractivity contribution >= 4 is 6.08 Å². The van der Waals surface area contributed by atoms with Gasteiger partial charge in [-0.3, -0.25) is 9.88 Å². The minimum atomic E-state index is 0.964. The molecule has 1 fully saturated rings. The Hall–Kier alpha value is -1.19. The number of hydrogen-bond donors (Lipinski definition) is 0. The van der Waals surface area contributed by atoms with Crippen molar-refractivity contribution in [2.24, 2.45) is 0 Å². The van der Waals surface area contributed by atoms with Crippen LogP contribution in [-0.2, 0) is 6.54 Å². The van der Waals surface area contributed by atoms with Gasteiger partial charge in [0.15, 0.2) is 0 Å². The van der Waals surface area contributed by atoms with Crippen molar-refractivity contribution in [2.75, 3.05) is 33.2 Å². The Morgan fingerprint density at radius 2 is 2.12 bits per heavy atom. The Morgan fingerprint density at radius 3 is 2.81 bits per heavy atom. The molecule has 86 valence electrons. The lowest BCUT2D eigenvalue weighted by molar-refractivity contribution is 0.148. The lowest BCUT2D eigenvalue weighted by atomic mass is 10.2. The summed E-state index contributed by atoms with van der Waals surface area (Å²) in [5.41, 5.74) is 2.29. The second-order valence-corrected chi connectivity index (χ2v) is 4.37. The zero-order chi connectivity index (χ0) is 11.4. The molecule has 0 amide bonds. The largest absolute Gasteiger partial charge is 0.304 e. The first-order valence-electron chi connectivity index (χ1n) is 5.76. The van der Waals surface area contributed by atoms with Crippen LogP contribution in [0.4, 0.5) is 0 Å². The van der Waals surface area contributed by atoms with Gasteiger partial charge in [0.1, 0.15) is 0 Å². The molecular formula is C13H19N3. The minimum absolute atomic E-state index is 0.964. The molecule has 2 rings (SSSR count). The van der Waals surface area contributed by atoms with Crippen molar-refractivity contribution < 1.29 is 0 Å². The van der Waals surface area contributed by atoms with Gasteiger partial charge < -0.3 is 4.90 Å². The van der Waals surface area contributed by atoms with E-state index in [-0.39, 0.29) is 0 Å². The zero-order valence-corrected chi connectivity index (χ0v) is 9.89. The molecule has 1 aromatic rings. The molecule has 1 aromatic heterocycles. The third-order valence-electron chi connectivity index (χ3n) is 3.06. The van der Waals surface area contributed by atoms with Crippen LogP contribution in [-0.4, -0.2) is 48.0 Å². The summed E-state index contributed by atoms with van der Waals surface area (Å²) in [6.45, 7) is 9.41. The highest BCUT2D eigenvalue weighted by molar-refractivity contribution is 5.42. The fraction of sp³-hybridized carbons (Fsp3) is 0.462. The number of hydrogen-bond acceptors (Lipinski definition) is 3. The quantitative estimate of drug-likeness (QED) is 0.764. The van der Waals surface area contributed by atoms with Crippen LogP contribution in [0.3, 0.4) is 0 Å². The number of likely N-dealkylation sites (N-methyl/N-ethyl adjacent to an activating group) is 1. The van der Waals surface area contributed by atoms with Crippen molar-refractivity contribution in [3.05, 3.63) is 36.2 Å². The fourth-order valence-electron chi connectivity index (χ4n) is 1.97. The summed E-state index contributed by atoms with van der Waals surface area (Å²) in [7, 11) is 2.18. The van der Waals surface area contributed by atoms with E-state index < -0.39 is 0 Å². The Kier molecular flexibility index (Phi) is 3.70. The summed E-state index contributed by atoms with van der Waals surface area (Å²) in [5, 5.41) is 0. The Morgan fingerprint density at radius 1 is 1.38 bits per heavy atom. The standard InChI is InChI=1S/C13H19N3/c1-3-13-10-12(4-5-14-13)11-16-8-6-15(2)7-9-16/h3-5,10H,1,6-9,11H2,2H3. The van der Waals surface area contributed by atoms with E-state index in [2.05, 4.69) is 40.5 Å². The maximum absolute atomic E-state index is 4.22. The molecule has 0 N–H and O–H groups in total. The van der Waals surface area contributed by atoms with E-state index in [9.17, 15) is 0 Å². The normalized spacial score (nSPS) is 18.6. The second kappa shape index (κ2) is 5.23. The van der Waals surface area contributed by atoms with Gasteiger partial charge in [0.2, 0.25) is 0 Å². The Bertz CT molecular complexity index is 354. The van der Waals surface area contributed by atoms with Crippen molar-refractivity contribution in [3.8, 4) is 0 Å². The highest BCUT2D eigenvalue weighted by Crippen LogP contribution is 2.09. The van der Waals surface area contributed by atoms with E-state index in [1.807, 2.05) is 6.20 Å². The molecule has 2 heterocycles. The lowest BCUT2D eigenvalue weighted by Crippen LogP contribution is -2.43. The van der Waals surface area contributed by atoms with Crippen LogP contribution in [0, 0.1) is 0 Å². The van der Waals surface area contributed by atoms with Crippen molar-refractivity contribution in [3.63, 3.8) is 0 Å². The van der Waals surface area contributed by atoms with Gasteiger partial charge in [-0.1, -0.05) is 6.58 Å². The molecule has 0 unspecified atom stereocenters. The molecule has 3 nitrogen and oxygen atoms in total. The predicted molar refractivity (Wildman–Crippen MR) is 67.1 cm³/mol. The van der Waals surface area contributed by atoms with Gasteiger partial charge >= 0.3 is 0 Å². The van der Waals surface area contributed by atoms with Crippen molar-refractivity contribution in [1.82, 2.24) is 14.8 Å². The summed E-state index contributed by atoms with van der Waals surface area (Å²) >= 11 is 0. The van der Waals surface area contributed by atoms with E-state index in [0.29, 0.717) is 0 Å². The van der Waals surface area contributed by atoms with Crippen molar-refractivity contribution in [1.29, 1.82) is 0 Å². The van der Waals surface area contributed by atoms with Gasteiger partial charge in [0.25, 0.3) is 0 Å². The van der Waals surface area contributed by atoms with Gasteiger partial charge in [0.05, 0.1) is 5.69 Å². The summed E-state index contributed by atoms with van der Waals surface area (Å²) in [6.07, 6.45) is 3.66. The van der Waals surface area contributed by atoms with E-state index in [1.165, 1.54) is 18.7 Å². The predicted octanol–water partition coefficient (Wildman–Crippen LogP) is 1.47. The topological polar surface area (TPSA) is 19.4 Å². The Balaban J connectivity index is 1.95. The summed E-state index contributed by atoms with van der Waals surface area (Å²) < 4.78 is 0. The van der Waals surface area contributed by atoms with Gasteiger partial charge in [-0.2, -0.15) is 0 Å². The average Bonchev–Trinajstić information content (AvgIpc) is 2.32. The molecule has 0 radical (unpaired) electrons. The molecule has 0 atom stereocenters. The fourth-order valence-corrected chi connectivity index (χ4v) is 1.97. The zero-order valence-electron chi connectivity index (χ0n) is 9.89. The molecular weight excluding hydrogens is 198 g/mol. The first-order chi connectivity index (χ1) is 7.78. The lowest BCUT2D eigenvalue weighted by Gasteiger charge is -2.32. The van der Waals surface area contributed by atoms with E-state index in [1.54, 1.807) is 6.08 Å². The summed E-state index contributed by atoms with van der Waals surface area (Å²) in [4.78, 5) is 9.08. The van der Waals surface area contributed by atoms with Crippen LogP contribution in [0.2, 0.25) is 0 Å². The van der Waals surface area contributed by atoms with E-state index >= 15 is 0 Å². The Labute approximate surface area is 97.4 Å². The summed E-state index contributed by atoms with van der Waals surface area (Å²) in [5.74, 6) is 0. The number of aromatic nitrogens is 1. The van der Waals surface area contributed by atoms with Crippen LogP contribution < -0.4 is 0 Å². The molecule has 0 aromatic carbocycles. The monoisotopic (exact) mass is 217 g/mol. The first-order valence-corrected chi connectivity index (χ1v) is 5.76. The van der Waals surface area contributed by atoms with E-state index in [4.69, 9.17) is 0 Å². The maximum atomic E-state index is 4.22.